The van der Waals surface area contributed by atoms with Gasteiger partial charge in [0.15, 0.2) is 5.76 Å². The largest absolute Gasteiger partial charge is 0.457 e. The monoisotopic (exact) mass is 441 g/mol. The lowest BCUT2D eigenvalue weighted by atomic mass is 10.0. The summed E-state index contributed by atoms with van der Waals surface area (Å²) in [6.45, 7) is 3.99. The first-order valence-corrected chi connectivity index (χ1v) is 10.3. The second-order valence-electron chi connectivity index (χ2n) is 6.89. The summed E-state index contributed by atoms with van der Waals surface area (Å²) in [6.07, 6.45) is 4.88. The molecular formula is C24H24ClNO5. The van der Waals surface area contributed by atoms with Gasteiger partial charge in [0.2, 0.25) is 0 Å². The Morgan fingerprint density at radius 2 is 1.84 bits per heavy atom. The first-order valence-electron chi connectivity index (χ1n) is 9.96. The Hall–Kier alpha value is -3.21. The number of hydrogen-bond donors (Lipinski definition) is 0. The second kappa shape index (κ2) is 12.5. The molecule has 1 heterocycles. The van der Waals surface area contributed by atoms with Crippen LogP contribution < -0.4 is 0 Å². The number of rotatable bonds is 8. The fourth-order valence-corrected chi connectivity index (χ4v) is 3.38. The molecule has 0 saturated heterocycles. The topological polar surface area (TPSA) is 86.5 Å². The smallest absolute Gasteiger partial charge is 0.373 e. The Bertz CT molecular complexity index is 1010. The van der Waals surface area contributed by atoms with Crippen LogP contribution in [0.2, 0.25) is 5.02 Å². The number of ether oxygens (including phenoxy) is 1. The van der Waals surface area contributed by atoms with E-state index < -0.39 is 6.10 Å². The number of hydrogen-bond acceptors (Lipinski definition) is 6. The zero-order valence-electron chi connectivity index (χ0n) is 17.5. The van der Waals surface area contributed by atoms with Crippen LogP contribution in [0.3, 0.4) is 0 Å². The molecule has 1 aromatic heterocycles. The normalized spacial score (nSPS) is 11.1. The molecule has 1 unspecified atom stereocenters. The quantitative estimate of drug-likeness (QED) is 0.423. The van der Waals surface area contributed by atoms with Crippen molar-refractivity contribution in [1.29, 1.82) is 0 Å². The summed E-state index contributed by atoms with van der Waals surface area (Å²) in [5.41, 5.74) is 3.68. The number of benzene rings is 2. The molecule has 0 aliphatic heterocycles. The molecule has 0 aliphatic carbocycles. The van der Waals surface area contributed by atoms with Crippen LogP contribution in [0, 0.1) is 0 Å². The van der Waals surface area contributed by atoms with Crippen molar-refractivity contribution in [3.8, 4) is 11.3 Å². The number of esters is 1. The van der Waals surface area contributed by atoms with Gasteiger partial charge in [-0.15, -0.1) is 0 Å². The molecule has 2 aromatic carbocycles. The minimum Gasteiger partial charge on any atom is -0.457 e. The molecule has 0 amide bonds. The highest BCUT2D eigenvalue weighted by Gasteiger charge is 2.18. The Balaban J connectivity index is 0.00000107. The molecule has 3 aromatic rings. The molecule has 7 heteroatoms. The molecule has 0 radical (unpaired) electrons. The van der Waals surface area contributed by atoms with Crippen molar-refractivity contribution in [2.45, 2.75) is 45.6 Å². The third-order valence-corrected chi connectivity index (χ3v) is 5.01. The minimum absolute atomic E-state index is 0.0885. The zero-order chi connectivity index (χ0) is 22.6. The summed E-state index contributed by atoms with van der Waals surface area (Å²) in [5.74, 6) is 0.251. The van der Waals surface area contributed by atoms with Gasteiger partial charge in [-0.3, -0.25) is 4.79 Å². The van der Waals surface area contributed by atoms with E-state index in [-0.39, 0.29) is 18.5 Å². The molecule has 31 heavy (non-hydrogen) atoms. The molecule has 0 aliphatic rings. The Morgan fingerprint density at radius 1 is 1.16 bits per heavy atom. The third-order valence-electron chi connectivity index (χ3n) is 4.67. The number of nitrogens with zero attached hydrogens (tertiary/aromatic N) is 1. The highest BCUT2D eigenvalue weighted by atomic mass is 35.5. The molecule has 0 fully saturated rings. The van der Waals surface area contributed by atoms with Crippen LogP contribution in [-0.4, -0.2) is 17.3 Å². The van der Waals surface area contributed by atoms with Crippen LogP contribution in [0.5, 0.6) is 0 Å². The average Bonchev–Trinajstić information content (AvgIpc) is 3.21. The van der Waals surface area contributed by atoms with Gasteiger partial charge in [0.1, 0.15) is 6.10 Å². The van der Waals surface area contributed by atoms with Gasteiger partial charge in [-0.2, -0.15) is 9.59 Å². The summed E-state index contributed by atoms with van der Waals surface area (Å²) in [6, 6.07) is 15.5. The van der Waals surface area contributed by atoms with Gasteiger partial charge in [-0.1, -0.05) is 72.6 Å². The second-order valence-corrected chi connectivity index (χ2v) is 7.30. The van der Waals surface area contributed by atoms with Gasteiger partial charge in [0, 0.05) is 21.7 Å². The summed E-state index contributed by atoms with van der Waals surface area (Å²) in [7, 11) is 0. The van der Waals surface area contributed by atoms with E-state index in [1.54, 1.807) is 12.3 Å². The highest BCUT2D eigenvalue weighted by Crippen LogP contribution is 2.27. The minimum atomic E-state index is -0.428. The highest BCUT2D eigenvalue weighted by molar-refractivity contribution is 6.31. The first-order chi connectivity index (χ1) is 15.0. The Morgan fingerprint density at radius 3 is 2.48 bits per heavy atom. The molecule has 3 rings (SSSR count). The van der Waals surface area contributed by atoms with Crippen molar-refractivity contribution in [3.05, 3.63) is 76.4 Å². The van der Waals surface area contributed by atoms with E-state index in [1.807, 2.05) is 37.3 Å². The molecule has 0 N–H and O–H groups in total. The van der Waals surface area contributed by atoms with E-state index >= 15 is 0 Å². The number of aromatic nitrogens is 1. The van der Waals surface area contributed by atoms with E-state index in [0.29, 0.717) is 16.3 Å². The third kappa shape index (κ3) is 7.21. The van der Waals surface area contributed by atoms with Crippen LogP contribution >= 0.6 is 11.6 Å². The van der Waals surface area contributed by atoms with Crippen LogP contribution in [0.4, 0.5) is 0 Å². The van der Waals surface area contributed by atoms with Gasteiger partial charge in [0.05, 0.1) is 12.6 Å². The lowest BCUT2D eigenvalue weighted by Crippen LogP contribution is -2.11. The zero-order valence-corrected chi connectivity index (χ0v) is 18.2. The van der Waals surface area contributed by atoms with Crippen molar-refractivity contribution >= 4 is 23.7 Å². The van der Waals surface area contributed by atoms with Crippen molar-refractivity contribution in [1.82, 2.24) is 5.16 Å². The van der Waals surface area contributed by atoms with Gasteiger partial charge >= 0.3 is 12.1 Å². The number of halogens is 1. The van der Waals surface area contributed by atoms with Crippen LogP contribution in [0.15, 0.2) is 59.3 Å². The maximum atomic E-state index is 12.4. The Labute approximate surface area is 186 Å². The van der Waals surface area contributed by atoms with Crippen LogP contribution in [0.25, 0.3) is 11.3 Å². The van der Waals surface area contributed by atoms with Crippen molar-refractivity contribution < 1.29 is 23.6 Å². The van der Waals surface area contributed by atoms with Gasteiger partial charge in [-0.05, 0) is 31.4 Å². The molecule has 162 valence electrons. The lowest BCUT2D eigenvalue weighted by molar-refractivity contribution is -0.191. The molecule has 0 bridgehead atoms. The van der Waals surface area contributed by atoms with Crippen molar-refractivity contribution in [3.63, 3.8) is 0 Å². The van der Waals surface area contributed by atoms with Crippen LogP contribution in [0.1, 0.15) is 49.5 Å². The Kier molecular flexibility index (Phi) is 9.69. The summed E-state index contributed by atoms with van der Waals surface area (Å²) >= 11 is 6.18. The van der Waals surface area contributed by atoms with Crippen molar-refractivity contribution in [2.24, 2.45) is 0 Å². The van der Waals surface area contributed by atoms with E-state index in [9.17, 15) is 4.79 Å². The van der Waals surface area contributed by atoms with E-state index in [2.05, 4.69) is 24.2 Å². The fraction of sp³-hybridized carbons (Fsp3) is 0.292. The predicted octanol–water partition coefficient (Wildman–Crippen LogP) is 5.60. The summed E-state index contributed by atoms with van der Waals surface area (Å²) in [5, 5.41) is 4.45. The molecular weight excluding hydrogens is 418 g/mol. The van der Waals surface area contributed by atoms with Crippen molar-refractivity contribution in [2.75, 3.05) is 0 Å². The maximum Gasteiger partial charge on any atom is 0.373 e. The average molecular weight is 442 g/mol. The van der Waals surface area contributed by atoms with E-state index in [0.717, 1.165) is 17.5 Å². The van der Waals surface area contributed by atoms with E-state index in [4.69, 9.17) is 30.4 Å². The number of unbranched alkanes of at least 4 members (excludes halogenated alkanes) is 1. The molecule has 6 nitrogen and oxygen atoms in total. The van der Waals surface area contributed by atoms with Gasteiger partial charge in [-0.25, -0.2) is 0 Å². The SMILES string of the molecule is CCCCc1ccc(-c2oncc2CC(=O)OC(C)c2ccccc2Cl)cc1.O=C=O. The lowest BCUT2D eigenvalue weighted by Gasteiger charge is -2.14. The van der Waals surface area contributed by atoms with Gasteiger partial charge < -0.3 is 9.26 Å². The van der Waals surface area contributed by atoms with Gasteiger partial charge in [0.25, 0.3) is 0 Å². The number of aryl methyl sites for hydroxylation is 1. The number of carbonyl (C=O) groups is 1. The van der Waals surface area contributed by atoms with Crippen LogP contribution in [-0.2, 0) is 32.0 Å². The van der Waals surface area contributed by atoms with E-state index in [1.165, 1.54) is 18.4 Å². The first kappa shape index (κ1) is 24.1. The molecule has 0 saturated carbocycles. The molecule has 1 atom stereocenters. The molecule has 0 spiro atoms. The standard InChI is InChI=1S/C23H24ClNO3.CO2/c1-3-4-7-17-10-12-18(13-11-17)23-19(15-25-28-23)14-22(26)27-16(2)20-8-5-6-9-21(20)24;2-1-3/h5-6,8-13,15-16H,3-4,7,14H2,1-2H3;. The number of carbonyl (C=O) groups excluding carboxylic acids is 3. The predicted molar refractivity (Wildman–Crippen MR) is 115 cm³/mol. The summed E-state index contributed by atoms with van der Waals surface area (Å²) in [4.78, 5) is 28.7. The maximum absolute atomic E-state index is 12.4. The fourth-order valence-electron chi connectivity index (χ4n) is 3.09. The summed E-state index contributed by atoms with van der Waals surface area (Å²) < 4.78 is 11.0.